The standard InChI is InChI=1S/C18H22F3N3O3S2/c1-10-11(2)29-14-13(10)15(25)24(12-5-3-4-6-12)16(23-14)28-8-7-22-17(26)27-9-18(19,20)21/h12H,3-9H2,1-2H3,(H,22,26). The van der Waals surface area contributed by atoms with Gasteiger partial charge < -0.3 is 10.1 Å². The van der Waals surface area contributed by atoms with Crippen molar-refractivity contribution in [3.8, 4) is 0 Å². The maximum absolute atomic E-state index is 13.2. The lowest BCUT2D eigenvalue weighted by molar-refractivity contribution is -0.160. The Hall–Kier alpha value is -1.75. The zero-order valence-corrected chi connectivity index (χ0v) is 17.7. The smallest absolute Gasteiger partial charge is 0.422 e. The quantitative estimate of drug-likeness (QED) is 0.397. The molecule has 2 heterocycles. The van der Waals surface area contributed by atoms with Crippen molar-refractivity contribution in [1.82, 2.24) is 14.9 Å². The number of aryl methyl sites for hydroxylation is 2. The fourth-order valence-electron chi connectivity index (χ4n) is 3.37. The summed E-state index contributed by atoms with van der Waals surface area (Å²) in [5.74, 6) is 0.356. The van der Waals surface area contributed by atoms with Crippen LogP contribution in [0.25, 0.3) is 10.2 Å². The van der Waals surface area contributed by atoms with E-state index in [2.05, 4.69) is 10.1 Å². The minimum Gasteiger partial charge on any atom is -0.440 e. The van der Waals surface area contributed by atoms with Gasteiger partial charge in [0.1, 0.15) is 4.83 Å². The minimum absolute atomic E-state index is 0.0382. The van der Waals surface area contributed by atoms with Gasteiger partial charge >= 0.3 is 12.3 Å². The number of ether oxygens (including phenoxy) is 1. The van der Waals surface area contributed by atoms with Gasteiger partial charge in [-0.2, -0.15) is 13.2 Å². The minimum atomic E-state index is -4.56. The molecule has 0 atom stereocenters. The lowest BCUT2D eigenvalue weighted by Gasteiger charge is -2.18. The Balaban J connectivity index is 1.72. The third-order valence-electron chi connectivity index (χ3n) is 4.86. The van der Waals surface area contributed by atoms with E-state index >= 15 is 0 Å². The molecule has 1 amide bonds. The third-order valence-corrected chi connectivity index (χ3v) is 6.92. The molecule has 1 fully saturated rings. The average molecular weight is 450 g/mol. The molecule has 1 saturated carbocycles. The van der Waals surface area contributed by atoms with Gasteiger partial charge in [0.15, 0.2) is 11.8 Å². The van der Waals surface area contributed by atoms with Gasteiger partial charge in [0.2, 0.25) is 0 Å². The largest absolute Gasteiger partial charge is 0.440 e. The number of aromatic nitrogens is 2. The molecular formula is C18H22F3N3O3S2. The molecule has 6 nitrogen and oxygen atoms in total. The number of amides is 1. The third kappa shape index (κ3) is 5.25. The lowest BCUT2D eigenvalue weighted by Crippen LogP contribution is -2.31. The number of thioether (sulfide) groups is 1. The van der Waals surface area contributed by atoms with Crippen molar-refractivity contribution in [1.29, 1.82) is 0 Å². The molecule has 11 heteroatoms. The van der Waals surface area contributed by atoms with Crippen LogP contribution in [0.5, 0.6) is 0 Å². The van der Waals surface area contributed by atoms with Crippen molar-refractivity contribution >= 4 is 39.4 Å². The number of thiophene rings is 1. The number of carbonyl (C=O) groups excluding carboxylic acids is 1. The van der Waals surface area contributed by atoms with Crippen LogP contribution < -0.4 is 10.9 Å². The molecule has 1 N–H and O–H groups in total. The molecule has 3 rings (SSSR count). The maximum atomic E-state index is 13.2. The van der Waals surface area contributed by atoms with Gasteiger partial charge in [0, 0.05) is 23.2 Å². The molecule has 1 aliphatic rings. The summed E-state index contributed by atoms with van der Waals surface area (Å²) in [4.78, 5) is 31.0. The zero-order chi connectivity index (χ0) is 21.2. The van der Waals surface area contributed by atoms with E-state index in [1.807, 2.05) is 13.8 Å². The van der Waals surface area contributed by atoms with Crippen molar-refractivity contribution in [3.05, 3.63) is 20.8 Å². The van der Waals surface area contributed by atoms with E-state index in [0.717, 1.165) is 36.1 Å². The summed E-state index contributed by atoms with van der Waals surface area (Å²) in [5, 5.41) is 3.53. The number of hydrogen-bond acceptors (Lipinski definition) is 6. The fraction of sp³-hybridized carbons (Fsp3) is 0.611. The summed E-state index contributed by atoms with van der Waals surface area (Å²) in [7, 11) is 0. The van der Waals surface area contributed by atoms with Crippen LogP contribution >= 0.6 is 23.1 Å². The number of halogens is 3. The molecule has 1 aliphatic carbocycles. The number of fused-ring (bicyclic) bond motifs is 1. The van der Waals surface area contributed by atoms with E-state index < -0.39 is 18.9 Å². The van der Waals surface area contributed by atoms with Crippen molar-refractivity contribution < 1.29 is 22.7 Å². The first-order valence-corrected chi connectivity index (χ1v) is 11.1. The van der Waals surface area contributed by atoms with Crippen LogP contribution in [0, 0.1) is 13.8 Å². The van der Waals surface area contributed by atoms with E-state index in [0.29, 0.717) is 21.1 Å². The summed E-state index contributed by atoms with van der Waals surface area (Å²) in [5.41, 5.74) is 0.920. The first-order chi connectivity index (χ1) is 13.7. The predicted octanol–water partition coefficient (Wildman–Crippen LogP) is 4.57. The highest BCUT2D eigenvalue weighted by Crippen LogP contribution is 2.34. The van der Waals surface area contributed by atoms with Gasteiger partial charge in [-0.3, -0.25) is 9.36 Å². The Morgan fingerprint density at radius 3 is 2.69 bits per heavy atom. The molecule has 0 radical (unpaired) electrons. The lowest BCUT2D eigenvalue weighted by atomic mass is 10.2. The van der Waals surface area contributed by atoms with Crippen LogP contribution in [0.2, 0.25) is 0 Å². The molecule has 0 aliphatic heterocycles. The molecule has 0 bridgehead atoms. The van der Waals surface area contributed by atoms with Gasteiger partial charge in [0.25, 0.3) is 5.56 Å². The topological polar surface area (TPSA) is 73.2 Å². The number of nitrogens with zero attached hydrogens (tertiary/aromatic N) is 2. The Labute approximate surface area is 173 Å². The van der Waals surface area contributed by atoms with Crippen LogP contribution in [-0.2, 0) is 4.74 Å². The van der Waals surface area contributed by atoms with E-state index in [1.54, 1.807) is 4.57 Å². The Morgan fingerprint density at radius 2 is 2.03 bits per heavy atom. The first kappa shape index (κ1) is 21.9. The van der Waals surface area contributed by atoms with Crippen LogP contribution in [0.15, 0.2) is 9.95 Å². The fourth-order valence-corrected chi connectivity index (χ4v) is 5.36. The number of rotatable bonds is 6. The highest BCUT2D eigenvalue weighted by Gasteiger charge is 2.29. The number of nitrogens with one attached hydrogen (secondary N) is 1. The first-order valence-electron chi connectivity index (χ1n) is 9.30. The summed E-state index contributed by atoms with van der Waals surface area (Å²) >= 11 is 2.79. The van der Waals surface area contributed by atoms with Crippen LogP contribution in [-0.4, -0.2) is 40.7 Å². The molecular weight excluding hydrogens is 427 g/mol. The number of alkyl halides is 3. The zero-order valence-electron chi connectivity index (χ0n) is 16.1. The Morgan fingerprint density at radius 1 is 1.34 bits per heavy atom. The maximum Gasteiger partial charge on any atom is 0.422 e. The highest BCUT2D eigenvalue weighted by atomic mass is 32.2. The van der Waals surface area contributed by atoms with Gasteiger partial charge in [0.05, 0.1) is 5.39 Å². The number of alkyl carbamates (subject to hydrolysis) is 1. The van der Waals surface area contributed by atoms with Crippen molar-refractivity contribution in [2.75, 3.05) is 18.9 Å². The van der Waals surface area contributed by atoms with Crippen molar-refractivity contribution in [2.24, 2.45) is 0 Å². The number of hydrogen-bond donors (Lipinski definition) is 1. The average Bonchev–Trinajstić information content (AvgIpc) is 3.25. The molecule has 0 unspecified atom stereocenters. The van der Waals surface area contributed by atoms with E-state index in [9.17, 15) is 22.8 Å². The Kier molecular flexibility index (Phi) is 6.77. The predicted molar refractivity (Wildman–Crippen MR) is 107 cm³/mol. The van der Waals surface area contributed by atoms with Crippen molar-refractivity contribution in [3.63, 3.8) is 0 Å². The number of carbonyl (C=O) groups is 1. The molecule has 2 aromatic heterocycles. The normalized spacial score (nSPS) is 15.2. The highest BCUT2D eigenvalue weighted by molar-refractivity contribution is 7.99. The van der Waals surface area contributed by atoms with Crippen LogP contribution in [0.1, 0.15) is 42.2 Å². The van der Waals surface area contributed by atoms with Gasteiger partial charge in [-0.25, -0.2) is 9.78 Å². The van der Waals surface area contributed by atoms with E-state index in [1.165, 1.54) is 23.1 Å². The molecule has 29 heavy (non-hydrogen) atoms. The second kappa shape index (κ2) is 8.95. The molecule has 0 saturated heterocycles. The van der Waals surface area contributed by atoms with Crippen molar-refractivity contribution in [2.45, 2.75) is 56.9 Å². The Bertz CT molecular complexity index is 950. The summed E-state index contributed by atoms with van der Waals surface area (Å²) in [6.45, 7) is 2.37. The van der Waals surface area contributed by atoms with Gasteiger partial charge in [-0.1, -0.05) is 24.6 Å². The van der Waals surface area contributed by atoms with E-state index in [-0.39, 0.29) is 18.1 Å². The van der Waals surface area contributed by atoms with Gasteiger partial charge in [-0.15, -0.1) is 11.3 Å². The molecule has 0 aromatic carbocycles. The van der Waals surface area contributed by atoms with Gasteiger partial charge in [-0.05, 0) is 32.3 Å². The van der Waals surface area contributed by atoms with Crippen LogP contribution in [0.4, 0.5) is 18.0 Å². The molecule has 160 valence electrons. The SMILES string of the molecule is Cc1sc2nc(SCCNC(=O)OCC(F)(F)F)n(C3CCCC3)c(=O)c2c1C. The second-order valence-electron chi connectivity index (χ2n) is 6.94. The van der Waals surface area contributed by atoms with Crippen LogP contribution in [0.3, 0.4) is 0 Å². The molecule has 2 aromatic rings. The summed E-state index contributed by atoms with van der Waals surface area (Å²) < 4.78 is 42.1. The summed E-state index contributed by atoms with van der Waals surface area (Å²) in [6.07, 6.45) is -1.71. The second-order valence-corrected chi connectivity index (χ2v) is 9.20. The molecule has 0 spiro atoms. The monoisotopic (exact) mass is 449 g/mol. The summed E-state index contributed by atoms with van der Waals surface area (Å²) in [6, 6.07) is 0.103. The van der Waals surface area contributed by atoms with E-state index in [4.69, 9.17) is 4.98 Å².